The fourth-order valence-electron chi connectivity index (χ4n) is 2.72. The van der Waals surface area contributed by atoms with Gasteiger partial charge in [0.2, 0.25) is 0 Å². The van der Waals surface area contributed by atoms with E-state index in [1.165, 1.54) is 13.2 Å². The molecule has 152 valence electrons. The van der Waals surface area contributed by atoms with Crippen molar-refractivity contribution in [1.82, 2.24) is 10.3 Å². The summed E-state index contributed by atoms with van der Waals surface area (Å²) in [4.78, 5) is 28.9. The number of aromatic nitrogens is 1. The lowest BCUT2D eigenvalue weighted by molar-refractivity contribution is -0.143. The van der Waals surface area contributed by atoms with Gasteiger partial charge in [0, 0.05) is 9.86 Å². The Morgan fingerprint density at radius 1 is 1.17 bits per heavy atom. The van der Waals surface area contributed by atoms with E-state index in [2.05, 4.69) is 26.2 Å². The summed E-state index contributed by atoms with van der Waals surface area (Å²) in [7, 11) is 1.20. The molecular formula is C19H14BrF3N2O3S. The molecule has 0 aliphatic carbocycles. The summed E-state index contributed by atoms with van der Waals surface area (Å²) in [5.74, 6) is -1.27. The third-order valence-electron chi connectivity index (χ3n) is 4.22. The first-order valence-electron chi connectivity index (χ1n) is 8.23. The fraction of sp³-hybridized carbons (Fsp3) is 0.211. The van der Waals surface area contributed by atoms with Crippen molar-refractivity contribution in [3.05, 3.63) is 62.6 Å². The second kappa shape index (κ2) is 8.11. The molecule has 10 heteroatoms. The molecule has 0 spiro atoms. The number of fused-ring (bicyclic) bond motifs is 1. The number of carbonyl (C=O) groups is 2. The fourth-order valence-corrected chi connectivity index (χ4v) is 4.07. The predicted octanol–water partition coefficient (Wildman–Crippen LogP) is 5.03. The maximum Gasteiger partial charge on any atom is 0.433 e. The summed E-state index contributed by atoms with van der Waals surface area (Å²) >= 11 is 4.13. The lowest BCUT2D eigenvalue weighted by Gasteiger charge is -2.17. The standard InChI is InChI=1S/C19H14BrF3N2O3S/c1-9-12-7-8-13(19(21,22)23)24-17(12)29-15(9)16(26)25-14(18(27)28-2)10-3-5-11(20)6-4-10/h3-8,14H,1-2H3,(H,25,26). The van der Waals surface area contributed by atoms with E-state index in [4.69, 9.17) is 4.74 Å². The Bertz CT molecular complexity index is 1080. The van der Waals surface area contributed by atoms with Crippen LogP contribution in [0.1, 0.15) is 32.5 Å². The molecule has 3 aromatic rings. The largest absolute Gasteiger partial charge is 0.467 e. The topological polar surface area (TPSA) is 68.3 Å². The van der Waals surface area contributed by atoms with Gasteiger partial charge >= 0.3 is 12.1 Å². The van der Waals surface area contributed by atoms with E-state index in [9.17, 15) is 22.8 Å². The first-order valence-corrected chi connectivity index (χ1v) is 9.84. The van der Waals surface area contributed by atoms with Crippen LogP contribution in [0.3, 0.4) is 0 Å². The van der Waals surface area contributed by atoms with Crippen molar-refractivity contribution in [2.45, 2.75) is 19.1 Å². The zero-order valence-electron chi connectivity index (χ0n) is 15.1. The molecule has 5 nitrogen and oxygen atoms in total. The molecule has 0 radical (unpaired) electrons. The molecule has 0 aliphatic heterocycles. The number of methoxy groups -OCH3 is 1. The third-order valence-corrected chi connectivity index (χ3v) is 5.94. The molecule has 1 aromatic carbocycles. The first-order chi connectivity index (χ1) is 13.6. The Hall–Kier alpha value is -2.46. The van der Waals surface area contributed by atoms with E-state index in [1.54, 1.807) is 31.2 Å². The van der Waals surface area contributed by atoms with Gasteiger partial charge in [-0.05, 0) is 42.3 Å². The molecule has 1 atom stereocenters. The van der Waals surface area contributed by atoms with Gasteiger partial charge < -0.3 is 10.1 Å². The van der Waals surface area contributed by atoms with E-state index in [-0.39, 0.29) is 9.71 Å². The van der Waals surface area contributed by atoms with Crippen molar-refractivity contribution in [1.29, 1.82) is 0 Å². The molecule has 2 heterocycles. The van der Waals surface area contributed by atoms with Crippen LogP contribution in [0.4, 0.5) is 13.2 Å². The molecule has 29 heavy (non-hydrogen) atoms. The van der Waals surface area contributed by atoms with Crippen LogP contribution < -0.4 is 5.32 Å². The van der Waals surface area contributed by atoms with Crippen LogP contribution in [0.25, 0.3) is 10.2 Å². The second-order valence-electron chi connectivity index (χ2n) is 6.08. The van der Waals surface area contributed by atoms with Crippen molar-refractivity contribution in [3.63, 3.8) is 0 Å². The average molecular weight is 487 g/mol. The lowest BCUT2D eigenvalue weighted by Crippen LogP contribution is -2.34. The minimum Gasteiger partial charge on any atom is -0.467 e. The number of thiophene rings is 1. The number of nitrogens with one attached hydrogen (secondary N) is 1. The van der Waals surface area contributed by atoms with Gasteiger partial charge in [-0.1, -0.05) is 28.1 Å². The molecule has 1 unspecified atom stereocenters. The molecule has 2 aromatic heterocycles. The van der Waals surface area contributed by atoms with E-state index in [0.717, 1.165) is 21.9 Å². The molecule has 0 fully saturated rings. The Balaban J connectivity index is 1.95. The van der Waals surface area contributed by atoms with Crippen molar-refractivity contribution in [2.75, 3.05) is 7.11 Å². The lowest BCUT2D eigenvalue weighted by atomic mass is 10.1. The molecular weight excluding hydrogens is 473 g/mol. The summed E-state index contributed by atoms with van der Waals surface area (Å²) in [6, 6.07) is 7.84. The van der Waals surface area contributed by atoms with Crippen LogP contribution in [-0.4, -0.2) is 24.0 Å². The number of hydrogen-bond donors (Lipinski definition) is 1. The first kappa shape index (κ1) is 21.3. The number of ether oxygens (including phenoxy) is 1. The number of aryl methyl sites for hydroxylation is 1. The number of nitrogens with zero attached hydrogens (tertiary/aromatic N) is 1. The number of hydrogen-bond acceptors (Lipinski definition) is 5. The highest BCUT2D eigenvalue weighted by Gasteiger charge is 2.33. The number of halogens is 4. The van der Waals surface area contributed by atoms with Gasteiger partial charge in [0.05, 0.1) is 12.0 Å². The normalized spacial score (nSPS) is 12.6. The quantitative estimate of drug-likeness (QED) is 0.525. The summed E-state index contributed by atoms with van der Waals surface area (Å²) in [6.07, 6.45) is -4.58. The minimum absolute atomic E-state index is 0.0979. The van der Waals surface area contributed by atoms with Crippen LogP contribution in [0, 0.1) is 6.92 Å². The van der Waals surface area contributed by atoms with Gasteiger partial charge in [0.15, 0.2) is 6.04 Å². The smallest absolute Gasteiger partial charge is 0.433 e. The number of rotatable bonds is 4. The SMILES string of the molecule is COC(=O)C(NC(=O)c1sc2nc(C(F)(F)F)ccc2c1C)c1ccc(Br)cc1. The van der Waals surface area contributed by atoms with Gasteiger partial charge in [0.25, 0.3) is 5.91 Å². The second-order valence-corrected chi connectivity index (χ2v) is 8.00. The molecule has 1 N–H and O–H groups in total. The number of pyridine rings is 1. The molecule has 0 bridgehead atoms. The number of esters is 1. The van der Waals surface area contributed by atoms with Crippen LogP contribution in [0.5, 0.6) is 0 Å². The van der Waals surface area contributed by atoms with Crippen molar-refractivity contribution < 1.29 is 27.5 Å². The minimum atomic E-state index is -4.58. The molecule has 0 aliphatic rings. The highest BCUT2D eigenvalue weighted by atomic mass is 79.9. The van der Waals surface area contributed by atoms with Crippen molar-refractivity contribution >= 4 is 49.4 Å². The van der Waals surface area contributed by atoms with Gasteiger partial charge in [-0.25, -0.2) is 9.78 Å². The van der Waals surface area contributed by atoms with Gasteiger partial charge in [-0.2, -0.15) is 13.2 Å². The molecule has 1 amide bonds. The maximum absolute atomic E-state index is 12.9. The Morgan fingerprint density at radius 2 is 1.83 bits per heavy atom. The summed E-state index contributed by atoms with van der Waals surface area (Å²) < 4.78 is 44.3. The zero-order valence-corrected chi connectivity index (χ0v) is 17.5. The summed E-state index contributed by atoms with van der Waals surface area (Å²) in [5, 5.41) is 3.05. The number of alkyl halides is 3. The molecule has 0 saturated carbocycles. The third kappa shape index (κ3) is 4.43. The van der Waals surface area contributed by atoms with Gasteiger partial charge in [0.1, 0.15) is 10.5 Å². The van der Waals surface area contributed by atoms with E-state index < -0.39 is 29.8 Å². The Kier molecular flexibility index (Phi) is 5.95. The van der Waals surface area contributed by atoms with E-state index >= 15 is 0 Å². The highest BCUT2D eigenvalue weighted by Crippen LogP contribution is 2.34. The Morgan fingerprint density at radius 3 is 2.41 bits per heavy atom. The van der Waals surface area contributed by atoms with Gasteiger partial charge in [-0.15, -0.1) is 11.3 Å². The van der Waals surface area contributed by atoms with E-state index in [0.29, 0.717) is 16.5 Å². The maximum atomic E-state index is 12.9. The predicted molar refractivity (Wildman–Crippen MR) is 106 cm³/mol. The number of amides is 1. The summed E-state index contributed by atoms with van der Waals surface area (Å²) in [6.45, 7) is 1.62. The highest BCUT2D eigenvalue weighted by molar-refractivity contribution is 9.10. The van der Waals surface area contributed by atoms with Crippen LogP contribution in [0.2, 0.25) is 0 Å². The number of benzene rings is 1. The van der Waals surface area contributed by atoms with Crippen LogP contribution >= 0.6 is 27.3 Å². The monoisotopic (exact) mass is 486 g/mol. The van der Waals surface area contributed by atoms with Gasteiger partial charge in [-0.3, -0.25) is 4.79 Å². The molecule has 3 rings (SSSR count). The Labute approximate surface area is 176 Å². The van der Waals surface area contributed by atoms with Crippen molar-refractivity contribution in [2.24, 2.45) is 0 Å². The van der Waals surface area contributed by atoms with E-state index in [1.807, 2.05) is 0 Å². The zero-order chi connectivity index (χ0) is 21.3. The number of carbonyl (C=O) groups excluding carboxylic acids is 2. The average Bonchev–Trinajstić information content (AvgIpc) is 3.02. The summed E-state index contributed by atoms with van der Waals surface area (Å²) in [5.41, 5.74) is -0.0340. The van der Waals surface area contributed by atoms with Crippen LogP contribution in [0.15, 0.2) is 40.9 Å². The molecule has 0 saturated heterocycles. The van der Waals surface area contributed by atoms with Crippen molar-refractivity contribution in [3.8, 4) is 0 Å². The van der Waals surface area contributed by atoms with Crippen LogP contribution in [-0.2, 0) is 15.7 Å².